The number of ether oxygens (including phenoxy) is 1. The smallest absolute Gasteiger partial charge is 0.321 e. The number of amides is 2. The highest BCUT2D eigenvalue weighted by atomic mass is 16.5. The molecule has 2 aromatic heterocycles. The van der Waals surface area contributed by atoms with Crippen molar-refractivity contribution in [2.45, 2.75) is 25.6 Å². The second-order valence-corrected chi connectivity index (χ2v) is 6.87. The third kappa shape index (κ3) is 4.09. The van der Waals surface area contributed by atoms with Crippen molar-refractivity contribution in [3.8, 4) is 0 Å². The van der Waals surface area contributed by atoms with Gasteiger partial charge < -0.3 is 19.5 Å². The minimum Gasteiger partial charge on any atom is -0.372 e. The van der Waals surface area contributed by atoms with E-state index in [9.17, 15) is 4.79 Å². The van der Waals surface area contributed by atoms with Crippen molar-refractivity contribution in [1.82, 2.24) is 19.4 Å². The summed E-state index contributed by atoms with van der Waals surface area (Å²) in [6, 6.07) is 9.57. The van der Waals surface area contributed by atoms with E-state index in [0.717, 1.165) is 41.7 Å². The summed E-state index contributed by atoms with van der Waals surface area (Å²) < 4.78 is 7.94. The molecule has 1 fully saturated rings. The highest BCUT2D eigenvalue weighted by Gasteiger charge is 2.24. The van der Waals surface area contributed by atoms with Crippen LogP contribution in [-0.4, -0.2) is 44.7 Å². The molecule has 0 spiro atoms. The lowest BCUT2D eigenvalue weighted by molar-refractivity contribution is 0.000916. The SMILES string of the molecule is Cn1cnc2cc(NC(=O)N3CCCC(OCc4cccnc4)C3)ccc21. The molecule has 4 rings (SSSR count). The molecule has 0 saturated carbocycles. The first-order valence-corrected chi connectivity index (χ1v) is 9.16. The Morgan fingerprint density at radius 3 is 3.15 bits per heavy atom. The number of nitrogens with zero attached hydrogens (tertiary/aromatic N) is 4. The zero-order valence-corrected chi connectivity index (χ0v) is 15.3. The molecular weight excluding hydrogens is 342 g/mol. The lowest BCUT2D eigenvalue weighted by Crippen LogP contribution is -2.45. The van der Waals surface area contributed by atoms with Gasteiger partial charge >= 0.3 is 6.03 Å². The van der Waals surface area contributed by atoms with E-state index in [-0.39, 0.29) is 12.1 Å². The zero-order chi connectivity index (χ0) is 18.6. The largest absolute Gasteiger partial charge is 0.372 e. The van der Waals surface area contributed by atoms with Gasteiger partial charge in [-0.1, -0.05) is 6.07 Å². The molecule has 27 heavy (non-hydrogen) atoms. The van der Waals surface area contributed by atoms with Crippen LogP contribution in [0.1, 0.15) is 18.4 Å². The first-order valence-electron chi connectivity index (χ1n) is 9.16. The third-order valence-electron chi connectivity index (χ3n) is 4.85. The fourth-order valence-electron chi connectivity index (χ4n) is 3.37. The molecule has 1 aliphatic rings. The fourth-order valence-corrected chi connectivity index (χ4v) is 3.37. The second-order valence-electron chi connectivity index (χ2n) is 6.87. The van der Waals surface area contributed by atoms with E-state index in [4.69, 9.17) is 4.74 Å². The van der Waals surface area contributed by atoms with Gasteiger partial charge in [-0.2, -0.15) is 0 Å². The molecule has 0 radical (unpaired) electrons. The van der Waals surface area contributed by atoms with Crippen LogP contribution >= 0.6 is 0 Å². The van der Waals surface area contributed by atoms with Gasteiger partial charge in [0.05, 0.1) is 30.1 Å². The number of rotatable bonds is 4. The lowest BCUT2D eigenvalue weighted by atomic mass is 10.1. The van der Waals surface area contributed by atoms with E-state index >= 15 is 0 Å². The predicted octanol–water partition coefficient (Wildman–Crippen LogP) is 3.18. The number of piperidine rings is 1. The Bertz CT molecular complexity index is 925. The Morgan fingerprint density at radius 2 is 2.30 bits per heavy atom. The van der Waals surface area contributed by atoms with Crippen LogP contribution < -0.4 is 5.32 Å². The van der Waals surface area contributed by atoms with Crippen LogP contribution in [0.5, 0.6) is 0 Å². The highest BCUT2D eigenvalue weighted by molar-refractivity contribution is 5.92. The summed E-state index contributed by atoms with van der Waals surface area (Å²) in [5, 5.41) is 2.98. The number of carbonyl (C=O) groups excluding carboxylic acids is 1. The first kappa shape index (κ1) is 17.5. The first-order chi connectivity index (χ1) is 13.2. The summed E-state index contributed by atoms with van der Waals surface area (Å²) in [7, 11) is 1.95. The second kappa shape index (κ2) is 7.75. The fraction of sp³-hybridized carbons (Fsp3) is 0.350. The van der Waals surface area contributed by atoms with Crippen LogP contribution in [0.25, 0.3) is 11.0 Å². The van der Waals surface area contributed by atoms with Gasteiger partial charge in [0.25, 0.3) is 0 Å². The summed E-state index contributed by atoms with van der Waals surface area (Å²) in [6.45, 7) is 1.85. The zero-order valence-electron chi connectivity index (χ0n) is 15.3. The molecule has 2 amide bonds. The molecule has 3 heterocycles. The Labute approximate surface area is 158 Å². The van der Waals surface area contributed by atoms with Crippen molar-refractivity contribution in [2.75, 3.05) is 18.4 Å². The van der Waals surface area contributed by atoms with Gasteiger partial charge in [-0.25, -0.2) is 9.78 Å². The van der Waals surface area contributed by atoms with Crippen LogP contribution in [0.2, 0.25) is 0 Å². The Balaban J connectivity index is 1.34. The molecule has 1 atom stereocenters. The van der Waals surface area contributed by atoms with E-state index in [0.29, 0.717) is 13.2 Å². The van der Waals surface area contributed by atoms with Crippen molar-refractivity contribution in [1.29, 1.82) is 0 Å². The quantitative estimate of drug-likeness (QED) is 0.771. The standard InChI is InChI=1S/C20H23N5O2/c1-24-14-22-18-10-16(6-7-19(18)24)23-20(26)25-9-3-5-17(12-25)27-13-15-4-2-8-21-11-15/h2,4,6-8,10-11,14,17H,3,5,9,12-13H2,1H3,(H,23,26). The molecule has 7 heteroatoms. The molecule has 0 bridgehead atoms. The van der Waals surface area contributed by atoms with Crippen molar-refractivity contribution in [2.24, 2.45) is 7.05 Å². The number of aryl methyl sites for hydroxylation is 1. The van der Waals surface area contributed by atoms with Crippen LogP contribution in [0.15, 0.2) is 49.1 Å². The van der Waals surface area contributed by atoms with Gasteiger partial charge in [-0.15, -0.1) is 0 Å². The Kier molecular flexibility index (Phi) is 5.02. The summed E-state index contributed by atoms with van der Waals surface area (Å²) in [4.78, 5) is 22.9. The van der Waals surface area contributed by atoms with E-state index in [2.05, 4.69) is 15.3 Å². The number of likely N-dealkylation sites (tertiary alicyclic amines) is 1. The topological polar surface area (TPSA) is 72.3 Å². The molecule has 7 nitrogen and oxygen atoms in total. The summed E-state index contributed by atoms with van der Waals surface area (Å²) >= 11 is 0. The molecule has 1 N–H and O–H groups in total. The number of aromatic nitrogens is 3. The number of benzene rings is 1. The molecule has 1 aromatic carbocycles. The normalized spacial score (nSPS) is 17.2. The number of hydrogen-bond donors (Lipinski definition) is 1. The monoisotopic (exact) mass is 365 g/mol. The maximum Gasteiger partial charge on any atom is 0.321 e. The van der Waals surface area contributed by atoms with Crippen molar-refractivity contribution < 1.29 is 9.53 Å². The minimum absolute atomic E-state index is 0.0444. The number of urea groups is 1. The molecular formula is C20H23N5O2. The highest BCUT2D eigenvalue weighted by Crippen LogP contribution is 2.20. The van der Waals surface area contributed by atoms with Gasteiger partial charge in [-0.05, 0) is 42.7 Å². The molecule has 1 aliphatic heterocycles. The molecule has 140 valence electrons. The van der Waals surface area contributed by atoms with Gasteiger partial charge in [0.2, 0.25) is 0 Å². The van der Waals surface area contributed by atoms with E-state index in [1.165, 1.54) is 0 Å². The number of hydrogen-bond acceptors (Lipinski definition) is 4. The van der Waals surface area contributed by atoms with Crippen LogP contribution in [0.4, 0.5) is 10.5 Å². The van der Waals surface area contributed by atoms with E-state index in [1.807, 2.05) is 46.8 Å². The molecule has 1 unspecified atom stereocenters. The van der Waals surface area contributed by atoms with Crippen LogP contribution in [0.3, 0.4) is 0 Å². The number of anilines is 1. The van der Waals surface area contributed by atoms with E-state index < -0.39 is 0 Å². The summed E-state index contributed by atoms with van der Waals surface area (Å²) in [5.41, 5.74) is 3.70. The molecule has 1 saturated heterocycles. The van der Waals surface area contributed by atoms with Gasteiger partial charge in [0, 0.05) is 38.2 Å². The number of carbonyl (C=O) groups is 1. The Morgan fingerprint density at radius 1 is 1.37 bits per heavy atom. The number of fused-ring (bicyclic) bond motifs is 1. The van der Waals surface area contributed by atoms with Gasteiger partial charge in [0.1, 0.15) is 0 Å². The molecule has 0 aliphatic carbocycles. The van der Waals surface area contributed by atoms with Crippen molar-refractivity contribution >= 4 is 22.8 Å². The predicted molar refractivity (Wildman–Crippen MR) is 103 cm³/mol. The van der Waals surface area contributed by atoms with Gasteiger partial charge in [-0.3, -0.25) is 4.98 Å². The average Bonchev–Trinajstić information content (AvgIpc) is 3.07. The summed E-state index contributed by atoms with van der Waals surface area (Å²) in [5.74, 6) is 0. The number of pyridine rings is 1. The lowest BCUT2D eigenvalue weighted by Gasteiger charge is -2.32. The van der Waals surface area contributed by atoms with Crippen LogP contribution in [0, 0.1) is 0 Å². The maximum atomic E-state index is 12.7. The van der Waals surface area contributed by atoms with E-state index in [1.54, 1.807) is 18.7 Å². The minimum atomic E-state index is -0.0973. The molecule has 3 aromatic rings. The number of nitrogens with one attached hydrogen (secondary N) is 1. The Hall–Kier alpha value is -2.93. The maximum absolute atomic E-state index is 12.7. The third-order valence-corrected chi connectivity index (χ3v) is 4.85. The number of imidazole rings is 1. The van der Waals surface area contributed by atoms with Crippen LogP contribution in [-0.2, 0) is 18.4 Å². The van der Waals surface area contributed by atoms with Crippen molar-refractivity contribution in [3.63, 3.8) is 0 Å². The van der Waals surface area contributed by atoms with Crippen molar-refractivity contribution in [3.05, 3.63) is 54.6 Å². The average molecular weight is 365 g/mol. The summed E-state index contributed by atoms with van der Waals surface area (Å²) in [6.07, 6.45) is 7.27. The van der Waals surface area contributed by atoms with Gasteiger partial charge in [0.15, 0.2) is 0 Å².